The molecule has 1 fully saturated rings. The van der Waals surface area contributed by atoms with Gasteiger partial charge in [0.15, 0.2) is 17.5 Å². The first-order valence-corrected chi connectivity index (χ1v) is 10.5. The van der Waals surface area contributed by atoms with Gasteiger partial charge in [-0.15, -0.1) is 0 Å². The van der Waals surface area contributed by atoms with Gasteiger partial charge >= 0.3 is 0 Å². The van der Waals surface area contributed by atoms with Gasteiger partial charge in [0, 0.05) is 46.0 Å². The summed E-state index contributed by atoms with van der Waals surface area (Å²) >= 11 is 0. The van der Waals surface area contributed by atoms with Crippen LogP contribution in [0.5, 0.6) is 17.2 Å². The van der Waals surface area contributed by atoms with Gasteiger partial charge in [0.25, 0.3) is 0 Å². The minimum Gasteiger partial charge on any atom is -0.493 e. The normalized spacial score (nSPS) is 15.0. The monoisotopic (exact) mass is 427 g/mol. The van der Waals surface area contributed by atoms with E-state index in [9.17, 15) is 0 Å². The smallest absolute Gasteiger partial charge is 0.203 e. The van der Waals surface area contributed by atoms with Crippen LogP contribution in [0.15, 0.2) is 35.5 Å². The predicted molar refractivity (Wildman–Crippen MR) is 122 cm³/mol. The molecule has 1 N–H and O–H groups in total. The lowest BCUT2D eigenvalue weighted by atomic mass is 10.1. The van der Waals surface area contributed by atoms with Crippen LogP contribution in [0.1, 0.15) is 16.8 Å². The van der Waals surface area contributed by atoms with Crippen molar-refractivity contribution in [3.05, 3.63) is 47.3 Å². The van der Waals surface area contributed by atoms with Crippen LogP contribution in [0.25, 0.3) is 0 Å². The molecule has 1 aromatic heterocycles. The second-order valence-corrected chi connectivity index (χ2v) is 7.46. The van der Waals surface area contributed by atoms with Crippen molar-refractivity contribution in [3.8, 4) is 17.2 Å². The Morgan fingerprint density at radius 2 is 1.74 bits per heavy atom. The van der Waals surface area contributed by atoms with E-state index in [1.54, 1.807) is 21.3 Å². The van der Waals surface area contributed by atoms with Crippen LogP contribution in [0.4, 0.5) is 0 Å². The summed E-state index contributed by atoms with van der Waals surface area (Å²) in [6.45, 7) is 7.28. The Kier molecular flexibility index (Phi) is 7.94. The highest BCUT2D eigenvalue weighted by Crippen LogP contribution is 2.38. The molecule has 0 aliphatic carbocycles. The number of aliphatic imine (C=N–C) groups is 1. The van der Waals surface area contributed by atoms with Crippen LogP contribution >= 0.6 is 0 Å². The molecule has 1 aromatic carbocycles. The molecule has 31 heavy (non-hydrogen) atoms. The van der Waals surface area contributed by atoms with E-state index in [-0.39, 0.29) is 0 Å². The number of methoxy groups -OCH3 is 3. The minimum absolute atomic E-state index is 0.622. The highest BCUT2D eigenvalue weighted by Gasteiger charge is 2.21. The number of hydrogen-bond acceptors (Lipinski definition) is 6. The van der Waals surface area contributed by atoms with E-state index >= 15 is 0 Å². The summed E-state index contributed by atoms with van der Waals surface area (Å²) in [5.74, 6) is 2.91. The molecule has 1 aliphatic heterocycles. The average molecular weight is 428 g/mol. The number of guanidine groups is 1. The van der Waals surface area contributed by atoms with E-state index in [0.717, 1.165) is 49.9 Å². The Bertz CT molecular complexity index is 870. The molecular formula is C23H33N5O3. The molecule has 3 rings (SSSR count). The largest absolute Gasteiger partial charge is 0.493 e. The molecule has 1 saturated heterocycles. The topological polar surface area (TPSA) is 71.5 Å². The first-order valence-electron chi connectivity index (χ1n) is 10.5. The summed E-state index contributed by atoms with van der Waals surface area (Å²) < 4.78 is 16.4. The maximum Gasteiger partial charge on any atom is 0.203 e. The second kappa shape index (κ2) is 10.9. The van der Waals surface area contributed by atoms with Gasteiger partial charge in [-0.3, -0.25) is 14.9 Å². The number of piperazine rings is 1. The van der Waals surface area contributed by atoms with Crippen molar-refractivity contribution in [2.45, 2.75) is 20.0 Å². The fourth-order valence-corrected chi connectivity index (χ4v) is 3.80. The maximum atomic E-state index is 5.48. The molecule has 0 bridgehead atoms. The zero-order chi connectivity index (χ0) is 22.2. The van der Waals surface area contributed by atoms with E-state index < -0.39 is 0 Å². The molecule has 0 radical (unpaired) electrons. The van der Waals surface area contributed by atoms with Crippen LogP contribution in [0, 0.1) is 6.92 Å². The SMILES string of the molecule is CN=C(NCc1ncccc1C)N1CCN(Cc2cc(OC)c(OC)c(OC)c2)CC1. The highest BCUT2D eigenvalue weighted by atomic mass is 16.5. The van der Waals surface area contributed by atoms with Crippen LogP contribution in [0.3, 0.4) is 0 Å². The Balaban J connectivity index is 1.57. The number of aryl methyl sites for hydroxylation is 1. The highest BCUT2D eigenvalue weighted by molar-refractivity contribution is 5.80. The third kappa shape index (κ3) is 5.58. The average Bonchev–Trinajstić information content (AvgIpc) is 2.80. The summed E-state index contributed by atoms with van der Waals surface area (Å²) in [6.07, 6.45) is 1.83. The Labute approximate surface area is 184 Å². The molecule has 8 nitrogen and oxygen atoms in total. The molecular weight excluding hydrogens is 394 g/mol. The number of pyridine rings is 1. The Hall–Kier alpha value is -3.00. The van der Waals surface area contributed by atoms with E-state index in [1.807, 2.05) is 31.4 Å². The van der Waals surface area contributed by atoms with Gasteiger partial charge in [0.2, 0.25) is 5.75 Å². The maximum absolute atomic E-state index is 5.48. The van der Waals surface area contributed by atoms with Crippen molar-refractivity contribution in [3.63, 3.8) is 0 Å². The van der Waals surface area contributed by atoms with Gasteiger partial charge in [-0.1, -0.05) is 6.07 Å². The van der Waals surface area contributed by atoms with Gasteiger partial charge in [-0.2, -0.15) is 0 Å². The lowest BCUT2D eigenvalue weighted by Crippen LogP contribution is -2.52. The number of ether oxygens (including phenoxy) is 3. The van der Waals surface area contributed by atoms with Crippen LogP contribution in [-0.4, -0.2) is 75.3 Å². The standard InChI is InChI=1S/C23H33N5O3/c1-17-7-6-8-25-19(17)15-26-23(24-2)28-11-9-27(10-12-28)16-18-13-20(29-3)22(31-5)21(14-18)30-4/h6-8,13-14H,9-12,15-16H2,1-5H3,(H,24,26). The van der Waals surface area contributed by atoms with E-state index in [2.05, 4.69) is 38.1 Å². The van der Waals surface area contributed by atoms with Crippen molar-refractivity contribution in [1.29, 1.82) is 0 Å². The van der Waals surface area contributed by atoms with Gasteiger partial charge in [-0.25, -0.2) is 0 Å². The van der Waals surface area contributed by atoms with Crippen molar-refractivity contribution in [2.24, 2.45) is 4.99 Å². The summed E-state index contributed by atoms with van der Waals surface area (Å²) in [6, 6.07) is 8.07. The zero-order valence-electron chi connectivity index (χ0n) is 19.1. The number of rotatable bonds is 7. The second-order valence-electron chi connectivity index (χ2n) is 7.46. The van der Waals surface area contributed by atoms with E-state index in [1.165, 1.54) is 5.56 Å². The zero-order valence-corrected chi connectivity index (χ0v) is 19.1. The summed E-state index contributed by atoms with van der Waals surface area (Å²) in [7, 11) is 6.74. The van der Waals surface area contributed by atoms with E-state index in [4.69, 9.17) is 14.2 Å². The third-order valence-electron chi connectivity index (χ3n) is 5.55. The molecule has 0 saturated carbocycles. The lowest BCUT2D eigenvalue weighted by Gasteiger charge is -2.36. The quantitative estimate of drug-likeness (QED) is 0.537. The lowest BCUT2D eigenvalue weighted by molar-refractivity contribution is 0.172. The van der Waals surface area contributed by atoms with Gasteiger partial charge in [-0.05, 0) is 36.2 Å². The fourth-order valence-electron chi connectivity index (χ4n) is 3.80. The Morgan fingerprint density at radius 1 is 1.06 bits per heavy atom. The number of nitrogens with zero attached hydrogens (tertiary/aromatic N) is 4. The number of hydrogen-bond donors (Lipinski definition) is 1. The molecule has 2 aromatic rings. The molecule has 0 unspecified atom stereocenters. The van der Waals surface area contributed by atoms with Gasteiger partial charge in [0.05, 0.1) is 33.6 Å². The van der Waals surface area contributed by atoms with Crippen molar-refractivity contribution >= 4 is 5.96 Å². The van der Waals surface area contributed by atoms with Gasteiger partial charge in [0.1, 0.15) is 0 Å². The summed E-state index contributed by atoms with van der Waals surface area (Å²) in [5.41, 5.74) is 3.36. The summed E-state index contributed by atoms with van der Waals surface area (Å²) in [5, 5.41) is 3.45. The van der Waals surface area contributed by atoms with E-state index in [0.29, 0.717) is 23.8 Å². The molecule has 1 aliphatic rings. The molecule has 0 spiro atoms. The van der Waals surface area contributed by atoms with Crippen molar-refractivity contribution in [2.75, 3.05) is 54.6 Å². The third-order valence-corrected chi connectivity index (χ3v) is 5.55. The number of aromatic nitrogens is 1. The van der Waals surface area contributed by atoms with Crippen LogP contribution in [-0.2, 0) is 13.1 Å². The Morgan fingerprint density at radius 3 is 2.29 bits per heavy atom. The van der Waals surface area contributed by atoms with Gasteiger partial charge < -0.3 is 24.4 Å². The van der Waals surface area contributed by atoms with Crippen molar-refractivity contribution in [1.82, 2.24) is 20.1 Å². The van der Waals surface area contributed by atoms with Crippen LogP contribution < -0.4 is 19.5 Å². The number of benzene rings is 1. The molecule has 0 atom stereocenters. The number of nitrogens with one attached hydrogen (secondary N) is 1. The fraction of sp³-hybridized carbons (Fsp3) is 0.478. The molecule has 0 amide bonds. The van der Waals surface area contributed by atoms with Crippen LogP contribution in [0.2, 0.25) is 0 Å². The van der Waals surface area contributed by atoms with Crippen molar-refractivity contribution < 1.29 is 14.2 Å². The first kappa shape index (κ1) is 22.7. The molecule has 2 heterocycles. The molecule has 8 heteroatoms. The first-order chi connectivity index (χ1) is 15.1. The molecule has 168 valence electrons. The minimum atomic E-state index is 0.622. The summed E-state index contributed by atoms with van der Waals surface area (Å²) in [4.78, 5) is 13.6. The predicted octanol–water partition coefficient (Wildman–Crippen LogP) is 2.31.